The van der Waals surface area contributed by atoms with Gasteiger partial charge in [0.1, 0.15) is 0 Å². The Balaban J connectivity index is 1.73. The predicted octanol–water partition coefficient (Wildman–Crippen LogP) is 1.36. The normalized spacial score (nSPS) is 22.2. The van der Waals surface area contributed by atoms with Gasteiger partial charge in [0.2, 0.25) is 0 Å². The number of nitrogens with one attached hydrogen (secondary N) is 2. The molecule has 0 radical (unpaired) electrons. The molecule has 0 aliphatic carbocycles. The first-order valence-corrected chi connectivity index (χ1v) is 11.0. The highest BCUT2D eigenvalue weighted by molar-refractivity contribution is 7.90. The Kier molecular flexibility index (Phi) is 8.14. The molecule has 2 N–H and O–H groups in total. The van der Waals surface area contributed by atoms with E-state index in [1.54, 1.807) is 7.05 Å². The third kappa shape index (κ3) is 6.08. The lowest BCUT2D eigenvalue weighted by molar-refractivity contribution is -0.0496. The van der Waals surface area contributed by atoms with Gasteiger partial charge in [-0.15, -0.1) is 6.58 Å². The van der Waals surface area contributed by atoms with Crippen molar-refractivity contribution in [2.24, 2.45) is 10.9 Å². The van der Waals surface area contributed by atoms with E-state index in [9.17, 15) is 21.6 Å². The van der Waals surface area contributed by atoms with E-state index in [2.05, 4.69) is 27.1 Å². The van der Waals surface area contributed by atoms with Gasteiger partial charge in [0, 0.05) is 52.4 Å². The number of alkyl halides is 3. The van der Waals surface area contributed by atoms with Gasteiger partial charge in [-0.2, -0.15) is 17.5 Å². The highest BCUT2D eigenvalue weighted by Gasteiger charge is 2.50. The molecular weight excluding hydrogens is 395 g/mol. The monoisotopic (exact) mass is 425 g/mol. The number of halogens is 3. The molecule has 0 amide bonds. The van der Waals surface area contributed by atoms with Crippen LogP contribution >= 0.6 is 0 Å². The van der Waals surface area contributed by atoms with Crippen LogP contribution in [0.4, 0.5) is 13.2 Å². The predicted molar refractivity (Wildman–Crippen MR) is 103 cm³/mol. The summed E-state index contributed by atoms with van der Waals surface area (Å²) < 4.78 is 61.3. The molecule has 28 heavy (non-hydrogen) atoms. The number of hydrogen-bond acceptors (Lipinski definition) is 4. The Hall–Kier alpha value is -1.33. The van der Waals surface area contributed by atoms with E-state index in [1.165, 1.54) is 0 Å². The number of piperidine rings is 2. The summed E-state index contributed by atoms with van der Waals surface area (Å²) in [6.07, 6.45) is 4.68. The summed E-state index contributed by atoms with van der Waals surface area (Å²) >= 11 is 0. The van der Waals surface area contributed by atoms with Gasteiger partial charge in [-0.05, 0) is 31.6 Å². The molecule has 0 aromatic heterocycles. The Labute approximate surface area is 165 Å². The fourth-order valence-corrected chi connectivity index (χ4v) is 4.56. The summed E-state index contributed by atoms with van der Waals surface area (Å²) in [5.41, 5.74) is -5.23. The first-order chi connectivity index (χ1) is 13.2. The number of sulfonamides is 1. The van der Waals surface area contributed by atoms with E-state index >= 15 is 0 Å². The van der Waals surface area contributed by atoms with Crippen LogP contribution in [0.1, 0.15) is 25.7 Å². The van der Waals surface area contributed by atoms with Gasteiger partial charge >= 0.3 is 15.5 Å². The van der Waals surface area contributed by atoms with Crippen LogP contribution in [0.2, 0.25) is 0 Å². The van der Waals surface area contributed by atoms with Gasteiger partial charge in [0.05, 0.1) is 0 Å². The molecule has 2 fully saturated rings. The van der Waals surface area contributed by atoms with Crippen LogP contribution in [-0.4, -0.2) is 81.4 Å². The zero-order valence-electron chi connectivity index (χ0n) is 16.2. The second-order valence-electron chi connectivity index (χ2n) is 7.25. The summed E-state index contributed by atoms with van der Waals surface area (Å²) in [6.45, 7) is 6.97. The van der Waals surface area contributed by atoms with E-state index in [1.807, 2.05) is 6.08 Å². The molecule has 2 aliphatic heterocycles. The second-order valence-corrected chi connectivity index (χ2v) is 9.18. The topological polar surface area (TPSA) is 77.0 Å². The van der Waals surface area contributed by atoms with Gasteiger partial charge in [-0.3, -0.25) is 9.89 Å². The SMILES string of the molecule is C=CCN1CCC(NC(=NC)NCC2CCN(S(=O)(=O)C(F)(F)F)CC2)CC1. The number of rotatable bonds is 6. The number of hydrogen-bond donors (Lipinski definition) is 2. The smallest absolute Gasteiger partial charge is 0.356 e. The average Bonchev–Trinajstić information content (AvgIpc) is 2.66. The fourth-order valence-electron chi connectivity index (χ4n) is 3.57. The number of guanidine groups is 1. The second kappa shape index (κ2) is 9.93. The Morgan fingerprint density at radius 1 is 1.18 bits per heavy atom. The molecule has 0 atom stereocenters. The maximum absolute atomic E-state index is 12.6. The van der Waals surface area contributed by atoms with E-state index in [4.69, 9.17) is 0 Å². The van der Waals surface area contributed by atoms with Crippen LogP contribution < -0.4 is 10.6 Å². The van der Waals surface area contributed by atoms with E-state index in [0.29, 0.717) is 35.7 Å². The molecule has 0 bridgehead atoms. The lowest BCUT2D eigenvalue weighted by Gasteiger charge is -2.33. The first-order valence-electron chi connectivity index (χ1n) is 9.54. The fraction of sp³-hybridized carbons (Fsp3) is 0.824. The molecule has 162 valence electrons. The van der Waals surface area contributed by atoms with Crippen molar-refractivity contribution < 1.29 is 21.6 Å². The molecule has 7 nitrogen and oxygen atoms in total. The van der Waals surface area contributed by atoms with Gasteiger partial charge < -0.3 is 10.6 Å². The maximum atomic E-state index is 12.6. The molecule has 11 heteroatoms. The van der Waals surface area contributed by atoms with Crippen molar-refractivity contribution in [1.29, 1.82) is 0 Å². The highest BCUT2D eigenvalue weighted by atomic mass is 32.2. The molecule has 2 saturated heterocycles. The molecular formula is C17H30F3N5O2S. The van der Waals surface area contributed by atoms with Crippen LogP contribution in [-0.2, 0) is 10.0 Å². The average molecular weight is 426 g/mol. The van der Waals surface area contributed by atoms with E-state index in [0.717, 1.165) is 32.5 Å². The molecule has 2 heterocycles. The first kappa shape index (κ1) is 23.0. The van der Waals surface area contributed by atoms with E-state index < -0.39 is 15.5 Å². The Morgan fingerprint density at radius 3 is 2.29 bits per heavy atom. The van der Waals surface area contributed by atoms with E-state index in [-0.39, 0.29) is 19.0 Å². The molecule has 0 spiro atoms. The molecule has 0 aromatic rings. The lowest BCUT2D eigenvalue weighted by Crippen LogP contribution is -2.50. The molecule has 0 saturated carbocycles. The van der Waals surface area contributed by atoms with Crippen LogP contribution in [0, 0.1) is 5.92 Å². The van der Waals surface area contributed by atoms with Crippen LogP contribution in [0.25, 0.3) is 0 Å². The van der Waals surface area contributed by atoms with Crippen LogP contribution in [0.5, 0.6) is 0 Å². The van der Waals surface area contributed by atoms with Gasteiger partial charge in [-0.25, -0.2) is 8.42 Å². The molecule has 2 rings (SSSR count). The molecule has 0 aromatic carbocycles. The minimum Gasteiger partial charge on any atom is -0.356 e. The van der Waals surface area contributed by atoms with Crippen molar-refractivity contribution in [2.45, 2.75) is 37.2 Å². The third-order valence-corrected chi connectivity index (χ3v) is 6.93. The molecule has 0 unspecified atom stereocenters. The Morgan fingerprint density at radius 2 is 1.79 bits per heavy atom. The van der Waals surface area contributed by atoms with Crippen LogP contribution in [0.3, 0.4) is 0 Å². The van der Waals surface area contributed by atoms with Crippen molar-refractivity contribution in [2.75, 3.05) is 46.3 Å². The minimum absolute atomic E-state index is 0.104. The lowest BCUT2D eigenvalue weighted by atomic mass is 9.98. The zero-order chi connectivity index (χ0) is 20.8. The summed E-state index contributed by atoms with van der Waals surface area (Å²) in [4.78, 5) is 6.56. The minimum atomic E-state index is -5.23. The summed E-state index contributed by atoms with van der Waals surface area (Å²) in [7, 11) is -3.54. The zero-order valence-corrected chi connectivity index (χ0v) is 17.0. The van der Waals surface area contributed by atoms with Crippen LogP contribution in [0.15, 0.2) is 17.6 Å². The third-order valence-electron chi connectivity index (χ3n) is 5.30. The number of nitrogens with zero attached hydrogens (tertiary/aromatic N) is 3. The number of likely N-dealkylation sites (tertiary alicyclic amines) is 1. The number of aliphatic imine (C=N–C) groups is 1. The van der Waals surface area contributed by atoms with Crippen molar-refractivity contribution in [3.05, 3.63) is 12.7 Å². The standard InChI is InChI=1S/C17H30F3N5O2S/c1-3-8-24-9-6-15(7-10-24)23-16(21-2)22-13-14-4-11-25(12-5-14)28(26,27)17(18,19)20/h3,14-15H,1,4-13H2,2H3,(H2,21,22,23). The van der Waals surface area contributed by atoms with Gasteiger partial charge in [-0.1, -0.05) is 6.08 Å². The van der Waals surface area contributed by atoms with Crippen molar-refractivity contribution in [1.82, 2.24) is 19.8 Å². The Bertz CT molecular complexity index is 638. The van der Waals surface area contributed by atoms with Crippen molar-refractivity contribution >= 4 is 16.0 Å². The van der Waals surface area contributed by atoms with Crippen molar-refractivity contribution in [3.8, 4) is 0 Å². The van der Waals surface area contributed by atoms with Gasteiger partial charge in [0.15, 0.2) is 5.96 Å². The molecule has 2 aliphatic rings. The van der Waals surface area contributed by atoms with Gasteiger partial charge in [0.25, 0.3) is 0 Å². The highest BCUT2D eigenvalue weighted by Crippen LogP contribution is 2.30. The van der Waals surface area contributed by atoms with Crippen molar-refractivity contribution in [3.63, 3.8) is 0 Å². The summed E-state index contributed by atoms with van der Waals surface area (Å²) in [5, 5.41) is 6.62. The largest absolute Gasteiger partial charge is 0.511 e. The quantitative estimate of drug-likeness (QED) is 0.382. The maximum Gasteiger partial charge on any atom is 0.511 e. The summed E-state index contributed by atoms with van der Waals surface area (Å²) in [5.74, 6) is 0.778. The summed E-state index contributed by atoms with van der Waals surface area (Å²) in [6, 6.07) is 0.325.